The topological polar surface area (TPSA) is 165 Å². The molecule has 0 spiro atoms. The second-order valence-corrected chi connectivity index (χ2v) is 12.2. The summed E-state index contributed by atoms with van der Waals surface area (Å²) in [6.07, 6.45) is 1.47. The fourth-order valence-corrected chi connectivity index (χ4v) is 5.43. The van der Waals surface area contributed by atoms with Gasteiger partial charge in [0.1, 0.15) is 11.6 Å². The number of carbonyl (C=O) groups is 5. The van der Waals surface area contributed by atoms with Crippen LogP contribution in [0.2, 0.25) is 0 Å². The third-order valence-corrected chi connectivity index (χ3v) is 7.63. The molecule has 1 atom stereocenters. The minimum Gasteiger partial charge on any atom is -0.444 e. The van der Waals surface area contributed by atoms with Crippen molar-refractivity contribution in [3.05, 3.63) is 29.3 Å². The van der Waals surface area contributed by atoms with E-state index in [1.807, 2.05) is 20.8 Å². The van der Waals surface area contributed by atoms with Crippen LogP contribution in [0.4, 0.5) is 10.5 Å². The van der Waals surface area contributed by atoms with Crippen LogP contribution in [0.15, 0.2) is 18.2 Å². The summed E-state index contributed by atoms with van der Waals surface area (Å²) >= 11 is 0. The lowest BCUT2D eigenvalue weighted by molar-refractivity contribution is -0.136. The number of amides is 5. The fourth-order valence-electron chi connectivity index (χ4n) is 5.43. The van der Waals surface area contributed by atoms with Gasteiger partial charge in [-0.15, -0.1) is 0 Å². The van der Waals surface area contributed by atoms with E-state index in [2.05, 4.69) is 20.9 Å². The molecule has 0 bridgehead atoms. The molecule has 0 aromatic heterocycles. The summed E-state index contributed by atoms with van der Waals surface area (Å²) in [5, 5.41) is 8.31. The molecule has 14 heteroatoms. The van der Waals surface area contributed by atoms with Crippen LogP contribution >= 0.6 is 0 Å². The Morgan fingerprint density at radius 1 is 0.911 bits per heavy atom. The predicted octanol–water partition coefficient (Wildman–Crippen LogP) is 1.54. The molecule has 1 aromatic carbocycles. The molecule has 3 aliphatic heterocycles. The summed E-state index contributed by atoms with van der Waals surface area (Å²) in [6, 6.07) is 4.26. The van der Waals surface area contributed by atoms with Gasteiger partial charge in [-0.2, -0.15) is 0 Å². The number of anilines is 1. The zero-order valence-corrected chi connectivity index (χ0v) is 26.4. The molecule has 248 valence electrons. The van der Waals surface area contributed by atoms with E-state index >= 15 is 0 Å². The maximum Gasteiger partial charge on any atom is 0.407 e. The Kier molecular flexibility index (Phi) is 12.3. The van der Waals surface area contributed by atoms with Crippen LogP contribution in [0.3, 0.4) is 0 Å². The van der Waals surface area contributed by atoms with E-state index in [0.717, 1.165) is 37.4 Å². The molecule has 5 amide bonds. The number of ether oxygens (including phenoxy) is 4. The van der Waals surface area contributed by atoms with Gasteiger partial charge >= 0.3 is 6.09 Å². The Labute approximate surface area is 263 Å². The fraction of sp³-hybridized carbons (Fsp3) is 0.645. The Bertz CT molecular complexity index is 1230. The van der Waals surface area contributed by atoms with Crippen molar-refractivity contribution < 1.29 is 42.9 Å². The number of piperidine rings is 2. The first kappa shape index (κ1) is 34.3. The molecule has 0 aliphatic carbocycles. The highest BCUT2D eigenvalue weighted by molar-refractivity contribution is 6.25. The van der Waals surface area contributed by atoms with Gasteiger partial charge in [0.15, 0.2) is 0 Å². The minimum atomic E-state index is -0.986. The first-order valence-electron chi connectivity index (χ1n) is 15.6. The van der Waals surface area contributed by atoms with Gasteiger partial charge in [0.05, 0.1) is 50.8 Å². The van der Waals surface area contributed by atoms with Gasteiger partial charge < -0.3 is 34.5 Å². The van der Waals surface area contributed by atoms with Gasteiger partial charge in [-0.3, -0.25) is 29.4 Å². The monoisotopic (exact) mass is 631 g/mol. The SMILES string of the molecule is CC(C)(C)OC(=O)NCCOCCOCCOCCN1CCC(Nc2cccc3c2C(=O)N(C2CCC(=O)NC2=O)C3=O)CC1. The van der Waals surface area contributed by atoms with Crippen LogP contribution in [0.5, 0.6) is 0 Å². The van der Waals surface area contributed by atoms with Crippen molar-refractivity contribution in [1.82, 2.24) is 20.4 Å². The maximum absolute atomic E-state index is 13.3. The second kappa shape index (κ2) is 16.1. The van der Waals surface area contributed by atoms with Crippen LogP contribution in [0.25, 0.3) is 0 Å². The van der Waals surface area contributed by atoms with Crippen LogP contribution < -0.4 is 16.0 Å². The van der Waals surface area contributed by atoms with E-state index in [9.17, 15) is 24.0 Å². The van der Waals surface area contributed by atoms with Crippen LogP contribution in [0.1, 0.15) is 67.2 Å². The summed E-state index contributed by atoms with van der Waals surface area (Å²) in [5.41, 5.74) is 0.617. The number of likely N-dealkylation sites (tertiary alicyclic amines) is 1. The van der Waals surface area contributed by atoms with E-state index in [4.69, 9.17) is 18.9 Å². The van der Waals surface area contributed by atoms with Crippen molar-refractivity contribution in [2.45, 2.75) is 64.1 Å². The maximum atomic E-state index is 13.3. The highest BCUT2D eigenvalue weighted by atomic mass is 16.6. The third-order valence-electron chi connectivity index (χ3n) is 7.63. The number of nitrogens with one attached hydrogen (secondary N) is 3. The third kappa shape index (κ3) is 9.95. The Morgan fingerprint density at radius 2 is 1.58 bits per heavy atom. The minimum absolute atomic E-state index is 0.0843. The number of rotatable bonds is 15. The summed E-state index contributed by atoms with van der Waals surface area (Å²) in [7, 11) is 0. The molecule has 3 N–H and O–H groups in total. The Hall–Kier alpha value is -3.59. The van der Waals surface area contributed by atoms with Crippen molar-refractivity contribution in [2.75, 3.05) is 71.1 Å². The van der Waals surface area contributed by atoms with Crippen LogP contribution in [-0.4, -0.2) is 123 Å². The zero-order valence-electron chi connectivity index (χ0n) is 26.4. The number of alkyl carbamates (subject to hydrolysis) is 1. The average molecular weight is 632 g/mol. The number of hydrogen-bond acceptors (Lipinski definition) is 11. The van der Waals surface area contributed by atoms with E-state index in [0.29, 0.717) is 51.9 Å². The van der Waals surface area contributed by atoms with Crippen molar-refractivity contribution in [2.24, 2.45) is 0 Å². The highest BCUT2D eigenvalue weighted by Crippen LogP contribution is 2.33. The smallest absolute Gasteiger partial charge is 0.407 e. The Balaban J connectivity index is 1.06. The molecular formula is C31H45N5O9. The molecular weight excluding hydrogens is 586 g/mol. The number of hydrogen-bond donors (Lipinski definition) is 3. The molecule has 3 heterocycles. The molecule has 3 aliphatic rings. The van der Waals surface area contributed by atoms with E-state index in [-0.39, 0.29) is 30.0 Å². The average Bonchev–Trinajstić information content (AvgIpc) is 3.23. The number of fused-ring (bicyclic) bond motifs is 1. The van der Waals surface area contributed by atoms with Gasteiger partial charge in [0.2, 0.25) is 11.8 Å². The van der Waals surface area contributed by atoms with Crippen molar-refractivity contribution in [3.8, 4) is 0 Å². The standard InChI is InChI=1S/C31H45N5O9/c1-31(2,3)45-30(41)32-11-15-42-17-19-44-20-18-43-16-14-35-12-9-21(10-13-35)33-23-6-4-5-22-26(23)29(40)36(28(22)39)24-7-8-25(37)34-27(24)38/h4-6,21,24,33H,7-20H2,1-3H3,(H,32,41)(H,34,37,38). The molecule has 14 nitrogen and oxygen atoms in total. The van der Waals surface area contributed by atoms with Crippen molar-refractivity contribution in [3.63, 3.8) is 0 Å². The molecule has 0 saturated carbocycles. The summed E-state index contributed by atoms with van der Waals surface area (Å²) < 4.78 is 21.8. The van der Waals surface area contributed by atoms with Gasteiger partial charge in [-0.05, 0) is 52.2 Å². The van der Waals surface area contributed by atoms with E-state index < -0.39 is 41.4 Å². The summed E-state index contributed by atoms with van der Waals surface area (Å²) in [6.45, 7) is 11.1. The first-order valence-corrected chi connectivity index (χ1v) is 15.6. The van der Waals surface area contributed by atoms with Crippen molar-refractivity contribution >= 4 is 35.4 Å². The highest BCUT2D eigenvalue weighted by Gasteiger charge is 2.45. The lowest BCUT2D eigenvalue weighted by atomic mass is 10.0. The van der Waals surface area contributed by atoms with Gasteiger partial charge in [-0.1, -0.05) is 6.07 Å². The first-order chi connectivity index (χ1) is 21.5. The number of benzene rings is 1. The Morgan fingerprint density at radius 3 is 2.24 bits per heavy atom. The number of carbonyl (C=O) groups excluding carboxylic acids is 5. The zero-order chi connectivity index (χ0) is 32.4. The van der Waals surface area contributed by atoms with Gasteiger partial charge in [-0.25, -0.2) is 4.79 Å². The van der Waals surface area contributed by atoms with Gasteiger partial charge in [0.25, 0.3) is 11.8 Å². The summed E-state index contributed by atoms with van der Waals surface area (Å²) in [4.78, 5) is 65.2. The largest absolute Gasteiger partial charge is 0.444 e. The number of imide groups is 2. The normalized spacial score (nSPS) is 19.4. The quantitative estimate of drug-likeness (QED) is 0.190. The lowest BCUT2D eigenvalue weighted by Gasteiger charge is -2.33. The van der Waals surface area contributed by atoms with Crippen LogP contribution in [-0.2, 0) is 28.5 Å². The van der Waals surface area contributed by atoms with Crippen molar-refractivity contribution in [1.29, 1.82) is 0 Å². The molecule has 1 unspecified atom stereocenters. The molecule has 2 fully saturated rings. The van der Waals surface area contributed by atoms with E-state index in [1.54, 1.807) is 18.2 Å². The number of nitrogens with zero attached hydrogens (tertiary/aromatic N) is 2. The molecule has 0 radical (unpaired) electrons. The van der Waals surface area contributed by atoms with Crippen LogP contribution in [0, 0.1) is 0 Å². The second-order valence-electron chi connectivity index (χ2n) is 12.2. The predicted molar refractivity (Wildman–Crippen MR) is 163 cm³/mol. The molecule has 45 heavy (non-hydrogen) atoms. The molecule has 4 rings (SSSR count). The lowest BCUT2D eigenvalue weighted by Crippen LogP contribution is -2.54. The molecule has 1 aromatic rings. The van der Waals surface area contributed by atoms with E-state index in [1.165, 1.54) is 0 Å². The van der Waals surface area contributed by atoms with Gasteiger partial charge in [0, 0.05) is 44.3 Å². The summed E-state index contributed by atoms with van der Waals surface area (Å²) in [5.74, 6) is -2.03. The molecule has 2 saturated heterocycles.